The minimum atomic E-state index is -0.454. The van der Waals surface area contributed by atoms with Crippen LogP contribution in [-0.4, -0.2) is 47.8 Å². The molecule has 0 aromatic heterocycles. The normalized spacial score (nSPS) is 30.1. The van der Waals surface area contributed by atoms with Crippen molar-refractivity contribution < 1.29 is 14.4 Å². The van der Waals surface area contributed by atoms with Crippen LogP contribution in [0.25, 0.3) is 0 Å². The van der Waals surface area contributed by atoms with Gasteiger partial charge in [-0.15, -0.1) is 0 Å². The zero-order valence-corrected chi connectivity index (χ0v) is 9.16. The number of carbonyl (C=O) groups excluding carboxylic acids is 3. The molecule has 88 valence electrons. The highest BCUT2D eigenvalue weighted by atomic mass is 16.2. The van der Waals surface area contributed by atoms with Crippen LogP contribution in [0.2, 0.25) is 0 Å². The molecule has 2 saturated heterocycles. The van der Waals surface area contributed by atoms with Crippen molar-refractivity contribution in [2.24, 2.45) is 0 Å². The van der Waals surface area contributed by atoms with E-state index in [1.807, 2.05) is 0 Å². The predicted octanol–water partition coefficient (Wildman–Crippen LogP) is -1.39. The SMILES string of the molecule is CCN1C(=O)CC(NC2CNC(=O)C2)C1=O. The highest BCUT2D eigenvalue weighted by Crippen LogP contribution is 2.14. The molecule has 2 aliphatic rings. The van der Waals surface area contributed by atoms with Gasteiger partial charge in [0.25, 0.3) is 0 Å². The molecule has 0 radical (unpaired) electrons. The average Bonchev–Trinajstić information content (AvgIpc) is 2.74. The summed E-state index contributed by atoms with van der Waals surface area (Å²) < 4.78 is 0. The van der Waals surface area contributed by atoms with Crippen molar-refractivity contribution in [2.45, 2.75) is 31.8 Å². The van der Waals surface area contributed by atoms with E-state index in [9.17, 15) is 14.4 Å². The van der Waals surface area contributed by atoms with Gasteiger partial charge in [-0.05, 0) is 6.92 Å². The molecule has 6 heteroatoms. The van der Waals surface area contributed by atoms with Gasteiger partial charge in [-0.2, -0.15) is 0 Å². The minimum absolute atomic E-state index is 0.0124. The fourth-order valence-corrected chi connectivity index (χ4v) is 2.15. The number of nitrogens with one attached hydrogen (secondary N) is 2. The van der Waals surface area contributed by atoms with E-state index < -0.39 is 6.04 Å². The van der Waals surface area contributed by atoms with Gasteiger partial charge in [-0.3, -0.25) is 19.3 Å². The van der Waals surface area contributed by atoms with Crippen molar-refractivity contribution in [3.05, 3.63) is 0 Å². The number of hydrogen-bond donors (Lipinski definition) is 2. The van der Waals surface area contributed by atoms with E-state index in [0.717, 1.165) is 0 Å². The molecule has 0 spiro atoms. The molecule has 2 aliphatic heterocycles. The van der Waals surface area contributed by atoms with E-state index in [1.165, 1.54) is 4.90 Å². The zero-order valence-electron chi connectivity index (χ0n) is 9.16. The summed E-state index contributed by atoms with van der Waals surface area (Å²) in [6.07, 6.45) is 0.585. The van der Waals surface area contributed by atoms with Crippen LogP contribution >= 0.6 is 0 Å². The van der Waals surface area contributed by atoms with Crippen molar-refractivity contribution in [1.29, 1.82) is 0 Å². The molecule has 0 saturated carbocycles. The van der Waals surface area contributed by atoms with Crippen LogP contribution in [0.3, 0.4) is 0 Å². The maximum absolute atomic E-state index is 11.8. The Hall–Kier alpha value is -1.43. The maximum atomic E-state index is 11.8. The van der Waals surface area contributed by atoms with Crippen molar-refractivity contribution >= 4 is 17.7 Å². The molecule has 0 aromatic rings. The van der Waals surface area contributed by atoms with Crippen LogP contribution in [0.5, 0.6) is 0 Å². The number of hydrogen-bond acceptors (Lipinski definition) is 4. The van der Waals surface area contributed by atoms with Gasteiger partial charge < -0.3 is 10.6 Å². The first kappa shape index (κ1) is 11.1. The number of carbonyl (C=O) groups is 3. The van der Waals surface area contributed by atoms with E-state index >= 15 is 0 Å². The molecule has 2 fully saturated rings. The molecule has 0 aromatic carbocycles. The average molecular weight is 225 g/mol. The Morgan fingerprint density at radius 1 is 1.38 bits per heavy atom. The van der Waals surface area contributed by atoms with Crippen LogP contribution in [-0.2, 0) is 14.4 Å². The van der Waals surface area contributed by atoms with Crippen molar-refractivity contribution in [3.63, 3.8) is 0 Å². The number of likely N-dealkylation sites (tertiary alicyclic amines) is 1. The maximum Gasteiger partial charge on any atom is 0.246 e. The molecular formula is C10H15N3O3. The molecule has 2 atom stereocenters. The molecule has 6 nitrogen and oxygen atoms in total. The Morgan fingerprint density at radius 3 is 2.62 bits per heavy atom. The van der Waals surface area contributed by atoms with Crippen LogP contribution in [0.4, 0.5) is 0 Å². The number of nitrogens with zero attached hydrogens (tertiary/aromatic N) is 1. The van der Waals surface area contributed by atoms with Gasteiger partial charge in [0, 0.05) is 25.6 Å². The molecule has 0 aliphatic carbocycles. The number of likely N-dealkylation sites (N-methyl/N-ethyl adjacent to an activating group) is 1. The lowest BCUT2D eigenvalue weighted by Gasteiger charge is -2.16. The minimum Gasteiger partial charge on any atom is -0.354 e. The van der Waals surface area contributed by atoms with Crippen LogP contribution in [0.1, 0.15) is 19.8 Å². The Bertz CT molecular complexity index is 342. The van der Waals surface area contributed by atoms with E-state index in [1.54, 1.807) is 6.92 Å². The highest BCUT2D eigenvalue weighted by molar-refractivity contribution is 6.05. The van der Waals surface area contributed by atoms with Crippen molar-refractivity contribution in [2.75, 3.05) is 13.1 Å². The van der Waals surface area contributed by atoms with Gasteiger partial charge in [-0.25, -0.2) is 0 Å². The number of rotatable bonds is 3. The van der Waals surface area contributed by atoms with E-state index in [4.69, 9.17) is 0 Å². The monoisotopic (exact) mass is 225 g/mol. The zero-order chi connectivity index (χ0) is 11.7. The molecule has 2 N–H and O–H groups in total. The molecule has 16 heavy (non-hydrogen) atoms. The first-order valence-corrected chi connectivity index (χ1v) is 5.48. The summed E-state index contributed by atoms with van der Waals surface area (Å²) in [6.45, 7) is 2.72. The van der Waals surface area contributed by atoms with Gasteiger partial charge in [0.2, 0.25) is 17.7 Å². The number of imide groups is 1. The van der Waals surface area contributed by atoms with Gasteiger partial charge in [-0.1, -0.05) is 0 Å². The van der Waals surface area contributed by atoms with Crippen molar-refractivity contribution in [3.8, 4) is 0 Å². The third-order valence-electron chi connectivity index (χ3n) is 2.97. The molecule has 2 unspecified atom stereocenters. The third-order valence-corrected chi connectivity index (χ3v) is 2.97. The van der Waals surface area contributed by atoms with E-state index in [0.29, 0.717) is 19.5 Å². The summed E-state index contributed by atoms with van der Waals surface area (Å²) in [7, 11) is 0. The molecule has 2 heterocycles. The van der Waals surface area contributed by atoms with Gasteiger partial charge in [0.05, 0.1) is 12.5 Å². The molecule has 0 bridgehead atoms. The second-order valence-electron chi connectivity index (χ2n) is 4.10. The van der Waals surface area contributed by atoms with Gasteiger partial charge in [0.15, 0.2) is 0 Å². The standard InChI is InChI=1S/C10H15N3O3/c1-2-13-9(15)4-7(10(13)16)12-6-3-8(14)11-5-6/h6-7,12H,2-5H2,1H3,(H,11,14). The lowest BCUT2D eigenvalue weighted by atomic mass is 10.2. The largest absolute Gasteiger partial charge is 0.354 e. The Morgan fingerprint density at radius 2 is 2.12 bits per heavy atom. The first-order chi connectivity index (χ1) is 7.61. The summed E-state index contributed by atoms with van der Waals surface area (Å²) in [5, 5.41) is 5.74. The quantitative estimate of drug-likeness (QED) is 0.580. The highest BCUT2D eigenvalue weighted by Gasteiger charge is 2.39. The van der Waals surface area contributed by atoms with Crippen LogP contribution < -0.4 is 10.6 Å². The fourth-order valence-electron chi connectivity index (χ4n) is 2.15. The summed E-state index contributed by atoms with van der Waals surface area (Å²) >= 11 is 0. The smallest absolute Gasteiger partial charge is 0.246 e. The summed E-state index contributed by atoms with van der Waals surface area (Å²) in [6, 6.07) is -0.490. The summed E-state index contributed by atoms with van der Waals surface area (Å²) in [4.78, 5) is 35.4. The fraction of sp³-hybridized carbons (Fsp3) is 0.700. The summed E-state index contributed by atoms with van der Waals surface area (Å²) in [5.41, 5.74) is 0. The predicted molar refractivity (Wildman–Crippen MR) is 55.3 cm³/mol. The number of amides is 3. The molecular weight excluding hydrogens is 210 g/mol. The van der Waals surface area contributed by atoms with Gasteiger partial charge in [0.1, 0.15) is 0 Å². The molecule has 2 rings (SSSR count). The Labute approximate surface area is 93.4 Å². The third kappa shape index (κ3) is 1.92. The Kier molecular flexibility index (Phi) is 2.91. The topological polar surface area (TPSA) is 78.5 Å². The van der Waals surface area contributed by atoms with Crippen LogP contribution in [0.15, 0.2) is 0 Å². The van der Waals surface area contributed by atoms with Crippen LogP contribution in [0, 0.1) is 0 Å². The lowest BCUT2D eigenvalue weighted by molar-refractivity contribution is -0.138. The second-order valence-corrected chi connectivity index (χ2v) is 4.10. The van der Waals surface area contributed by atoms with Crippen molar-refractivity contribution in [1.82, 2.24) is 15.5 Å². The van der Waals surface area contributed by atoms with Gasteiger partial charge >= 0.3 is 0 Å². The summed E-state index contributed by atoms with van der Waals surface area (Å²) in [5.74, 6) is -0.323. The van der Waals surface area contributed by atoms with E-state index in [-0.39, 0.29) is 30.2 Å². The second kappa shape index (κ2) is 4.21. The molecule has 3 amide bonds. The lowest BCUT2D eigenvalue weighted by Crippen LogP contribution is -2.44. The first-order valence-electron chi connectivity index (χ1n) is 5.48. The van der Waals surface area contributed by atoms with E-state index in [2.05, 4.69) is 10.6 Å². The Balaban J connectivity index is 1.94.